The molecule has 0 fully saturated rings. The Kier molecular flexibility index (Phi) is 2.45. The lowest BCUT2D eigenvalue weighted by Gasteiger charge is -2.04. The van der Waals surface area contributed by atoms with Crippen LogP contribution >= 0.6 is 0 Å². The summed E-state index contributed by atoms with van der Waals surface area (Å²) in [6.45, 7) is 5.31. The van der Waals surface area contributed by atoms with Gasteiger partial charge in [-0.25, -0.2) is 0 Å². The van der Waals surface area contributed by atoms with Crippen LogP contribution in [0.2, 0.25) is 0 Å². The highest BCUT2D eigenvalue weighted by Crippen LogP contribution is 2.03. The number of hydrogen-bond acceptors (Lipinski definition) is 2. The van der Waals surface area contributed by atoms with E-state index in [1.807, 2.05) is 0 Å². The fourth-order valence-corrected chi connectivity index (χ4v) is 1.01. The van der Waals surface area contributed by atoms with Gasteiger partial charge in [0.1, 0.15) is 0 Å². The molecular formula is C9H12N2O. The summed E-state index contributed by atoms with van der Waals surface area (Å²) in [5.41, 5.74) is 6.69. The van der Waals surface area contributed by atoms with Gasteiger partial charge in [0, 0.05) is 29.6 Å². The number of aromatic nitrogens is 1. The minimum Gasteiger partial charge on any atom is -0.367 e. The van der Waals surface area contributed by atoms with Crippen LogP contribution in [0.25, 0.3) is 6.08 Å². The molecule has 1 aromatic rings. The molecule has 0 saturated heterocycles. The maximum Gasteiger partial charge on any atom is 0.193 e. The molecule has 1 rings (SSSR count). The first-order valence-electron chi connectivity index (χ1n) is 3.76. The highest BCUT2D eigenvalue weighted by atomic mass is 16.1. The predicted molar refractivity (Wildman–Crippen MR) is 49.8 cm³/mol. The van der Waals surface area contributed by atoms with Crippen LogP contribution in [-0.4, -0.2) is 4.98 Å². The maximum absolute atomic E-state index is 11.5. The minimum absolute atomic E-state index is 0.0428. The van der Waals surface area contributed by atoms with Crippen LogP contribution < -0.4 is 11.2 Å². The Hall–Kier alpha value is -1.35. The molecule has 1 heterocycles. The lowest BCUT2D eigenvalue weighted by atomic mass is 10.1. The highest BCUT2D eigenvalue weighted by molar-refractivity contribution is 5.46. The second-order valence-electron chi connectivity index (χ2n) is 2.69. The van der Waals surface area contributed by atoms with Gasteiger partial charge in [0.15, 0.2) is 5.43 Å². The van der Waals surface area contributed by atoms with Gasteiger partial charge in [-0.15, -0.1) is 0 Å². The Labute approximate surface area is 70.9 Å². The highest BCUT2D eigenvalue weighted by Gasteiger charge is 2.05. The summed E-state index contributed by atoms with van der Waals surface area (Å²) >= 11 is 0. The molecule has 1 atom stereocenters. The zero-order valence-electron chi connectivity index (χ0n) is 7.00. The molecule has 0 aliphatic rings. The van der Waals surface area contributed by atoms with Crippen molar-refractivity contribution in [1.82, 2.24) is 4.98 Å². The van der Waals surface area contributed by atoms with Crippen molar-refractivity contribution in [2.75, 3.05) is 0 Å². The Morgan fingerprint density at radius 1 is 1.67 bits per heavy atom. The van der Waals surface area contributed by atoms with Gasteiger partial charge in [0.25, 0.3) is 0 Å². The van der Waals surface area contributed by atoms with Crippen molar-refractivity contribution < 1.29 is 0 Å². The molecule has 12 heavy (non-hydrogen) atoms. The Bertz CT molecular complexity index is 339. The maximum atomic E-state index is 11.5. The summed E-state index contributed by atoms with van der Waals surface area (Å²) in [6, 6.07) is -0.242. The molecule has 0 aromatic carbocycles. The van der Waals surface area contributed by atoms with Crippen LogP contribution in [0.3, 0.4) is 0 Å². The van der Waals surface area contributed by atoms with Crippen LogP contribution in [0, 0.1) is 0 Å². The molecule has 0 amide bonds. The summed E-state index contributed by atoms with van der Waals surface area (Å²) in [7, 11) is 0. The van der Waals surface area contributed by atoms with E-state index in [1.54, 1.807) is 19.3 Å². The summed E-state index contributed by atoms with van der Waals surface area (Å²) in [5.74, 6) is 0. The molecule has 3 heteroatoms. The van der Waals surface area contributed by atoms with Crippen molar-refractivity contribution in [2.45, 2.75) is 13.0 Å². The van der Waals surface area contributed by atoms with Gasteiger partial charge in [0.05, 0.1) is 0 Å². The van der Waals surface area contributed by atoms with Crippen LogP contribution in [-0.2, 0) is 0 Å². The molecule has 0 radical (unpaired) electrons. The van der Waals surface area contributed by atoms with Gasteiger partial charge in [-0.2, -0.15) is 0 Å². The second kappa shape index (κ2) is 3.36. The zero-order chi connectivity index (χ0) is 9.14. The SMILES string of the molecule is C=Cc1c[nH]cc(C(C)N)c1=O. The molecule has 0 aliphatic carbocycles. The summed E-state index contributed by atoms with van der Waals surface area (Å²) in [4.78, 5) is 14.3. The normalized spacial score (nSPS) is 12.5. The number of pyridine rings is 1. The van der Waals surface area contributed by atoms with E-state index in [4.69, 9.17) is 5.73 Å². The van der Waals surface area contributed by atoms with E-state index in [2.05, 4.69) is 11.6 Å². The molecule has 64 valence electrons. The smallest absolute Gasteiger partial charge is 0.193 e. The lowest BCUT2D eigenvalue weighted by Crippen LogP contribution is -2.19. The average molecular weight is 164 g/mol. The molecule has 3 nitrogen and oxygen atoms in total. The van der Waals surface area contributed by atoms with Crippen molar-refractivity contribution in [2.24, 2.45) is 5.73 Å². The van der Waals surface area contributed by atoms with Gasteiger partial charge >= 0.3 is 0 Å². The standard InChI is InChI=1S/C9H12N2O/c1-3-7-4-11-5-8(6(2)10)9(7)12/h3-6H,1,10H2,2H3,(H,11,12). The van der Waals surface area contributed by atoms with Crippen molar-refractivity contribution in [3.8, 4) is 0 Å². The molecule has 0 saturated carbocycles. The Morgan fingerprint density at radius 2 is 2.33 bits per heavy atom. The molecule has 1 unspecified atom stereocenters. The van der Waals surface area contributed by atoms with E-state index in [1.165, 1.54) is 6.08 Å². The van der Waals surface area contributed by atoms with Crippen molar-refractivity contribution in [3.63, 3.8) is 0 Å². The fourth-order valence-electron chi connectivity index (χ4n) is 1.01. The Morgan fingerprint density at radius 3 is 2.83 bits per heavy atom. The van der Waals surface area contributed by atoms with Crippen LogP contribution in [0.5, 0.6) is 0 Å². The number of hydrogen-bond donors (Lipinski definition) is 2. The Balaban J connectivity index is 3.33. The topological polar surface area (TPSA) is 58.9 Å². The molecule has 0 bridgehead atoms. The first-order chi connectivity index (χ1) is 5.66. The van der Waals surface area contributed by atoms with Crippen molar-refractivity contribution in [3.05, 3.63) is 40.3 Å². The molecule has 3 N–H and O–H groups in total. The van der Waals surface area contributed by atoms with Crippen LogP contribution in [0.1, 0.15) is 24.1 Å². The lowest BCUT2D eigenvalue weighted by molar-refractivity contribution is 0.802. The second-order valence-corrected chi connectivity index (χ2v) is 2.69. The number of nitrogens with two attached hydrogens (primary N) is 1. The third kappa shape index (κ3) is 1.46. The summed E-state index contributed by atoms with van der Waals surface area (Å²) in [6.07, 6.45) is 4.76. The van der Waals surface area contributed by atoms with Crippen LogP contribution in [0.15, 0.2) is 23.8 Å². The third-order valence-corrected chi connectivity index (χ3v) is 1.71. The zero-order valence-corrected chi connectivity index (χ0v) is 7.00. The number of aromatic amines is 1. The van der Waals surface area contributed by atoms with Gasteiger partial charge in [0.2, 0.25) is 0 Å². The summed E-state index contributed by atoms with van der Waals surface area (Å²) in [5, 5.41) is 0. The first-order valence-corrected chi connectivity index (χ1v) is 3.76. The van der Waals surface area contributed by atoms with Gasteiger partial charge < -0.3 is 10.7 Å². The quantitative estimate of drug-likeness (QED) is 0.686. The number of rotatable bonds is 2. The minimum atomic E-state index is -0.242. The fraction of sp³-hybridized carbons (Fsp3) is 0.222. The molecule has 0 spiro atoms. The van der Waals surface area contributed by atoms with Gasteiger partial charge in [-0.3, -0.25) is 4.79 Å². The third-order valence-electron chi connectivity index (χ3n) is 1.71. The van der Waals surface area contributed by atoms with Gasteiger partial charge in [-0.05, 0) is 6.92 Å². The molecule has 1 aromatic heterocycles. The van der Waals surface area contributed by atoms with Gasteiger partial charge in [-0.1, -0.05) is 12.7 Å². The first kappa shape index (κ1) is 8.74. The number of nitrogens with one attached hydrogen (secondary N) is 1. The van der Waals surface area contributed by atoms with E-state index in [0.29, 0.717) is 11.1 Å². The van der Waals surface area contributed by atoms with E-state index >= 15 is 0 Å². The van der Waals surface area contributed by atoms with Crippen molar-refractivity contribution in [1.29, 1.82) is 0 Å². The van der Waals surface area contributed by atoms with E-state index in [9.17, 15) is 4.79 Å². The average Bonchev–Trinajstić information content (AvgIpc) is 2.04. The van der Waals surface area contributed by atoms with Crippen molar-refractivity contribution >= 4 is 6.08 Å². The monoisotopic (exact) mass is 164 g/mol. The van der Waals surface area contributed by atoms with E-state index in [0.717, 1.165) is 0 Å². The molecule has 0 aliphatic heterocycles. The van der Waals surface area contributed by atoms with Crippen LogP contribution in [0.4, 0.5) is 0 Å². The largest absolute Gasteiger partial charge is 0.367 e. The summed E-state index contributed by atoms with van der Waals surface area (Å²) < 4.78 is 0. The molecular weight excluding hydrogens is 152 g/mol. The number of H-pyrrole nitrogens is 1. The predicted octanol–water partition coefficient (Wildman–Crippen LogP) is 1.04. The van der Waals surface area contributed by atoms with E-state index in [-0.39, 0.29) is 11.5 Å². The van der Waals surface area contributed by atoms with E-state index < -0.39 is 0 Å².